The number of carboxylic acids is 1. The third kappa shape index (κ3) is 42.9. The van der Waals surface area contributed by atoms with Crippen molar-refractivity contribution < 1.29 is 28.8 Å². The summed E-state index contributed by atoms with van der Waals surface area (Å²) in [6, 6.07) is 0. The van der Waals surface area contributed by atoms with Crippen molar-refractivity contribution in [2.75, 3.05) is 6.61 Å². The summed E-state index contributed by atoms with van der Waals surface area (Å²) in [6.45, 7) is 2.64. The largest absolute Gasteiger partial charge is 0.481 e. The number of aliphatic carboxylic acids is 1. The molecule has 0 aliphatic heterocycles. The van der Waals surface area contributed by atoms with Gasteiger partial charge < -0.3 is 14.9 Å². The van der Waals surface area contributed by atoms with Crippen LogP contribution in [0.25, 0.3) is 0 Å². The molecule has 0 atom stereocenters. The van der Waals surface area contributed by atoms with Crippen molar-refractivity contribution in [1.29, 1.82) is 0 Å². The molecule has 0 aromatic rings. The van der Waals surface area contributed by atoms with Crippen molar-refractivity contribution in [3.8, 4) is 0 Å². The minimum Gasteiger partial charge on any atom is -0.481 e. The minimum atomic E-state index is -4.17. The van der Waals surface area contributed by atoms with Crippen LogP contribution >= 0.6 is 7.82 Å². The molecule has 0 fully saturated rings. The first-order chi connectivity index (χ1) is 4.79. The Hall–Kier alpha value is -0.420. The molecule has 0 saturated carbocycles. The van der Waals surface area contributed by atoms with Crippen molar-refractivity contribution in [1.82, 2.24) is 0 Å². The Labute approximate surface area is 64.0 Å². The fourth-order valence-corrected chi connectivity index (χ4v) is 0.505. The van der Waals surface area contributed by atoms with E-state index in [4.69, 9.17) is 19.7 Å². The van der Waals surface area contributed by atoms with Crippen LogP contribution in [0, 0.1) is 0 Å². The highest BCUT2D eigenvalue weighted by Crippen LogP contribution is 2.34. The van der Waals surface area contributed by atoms with E-state index in [2.05, 4.69) is 4.52 Å². The average molecular weight is 186 g/mol. The van der Waals surface area contributed by atoms with E-state index in [1.54, 1.807) is 0 Å². The molecule has 11 heavy (non-hydrogen) atoms. The van der Waals surface area contributed by atoms with E-state index in [0.717, 1.165) is 6.92 Å². The normalized spacial score (nSPS) is 9.82. The van der Waals surface area contributed by atoms with Gasteiger partial charge in [-0.3, -0.25) is 9.32 Å². The van der Waals surface area contributed by atoms with Gasteiger partial charge in [0.15, 0.2) is 0 Å². The third-order valence-electron chi connectivity index (χ3n) is 0.297. The number of phosphoric acid groups is 1. The first-order valence-electron chi connectivity index (χ1n) is 2.69. The minimum absolute atomic E-state index is 0.0459. The molecule has 0 radical (unpaired) electrons. The van der Waals surface area contributed by atoms with Gasteiger partial charge in [-0.05, 0) is 6.92 Å². The third-order valence-corrected chi connectivity index (χ3v) is 0.892. The van der Waals surface area contributed by atoms with Crippen LogP contribution in [0.3, 0.4) is 0 Å². The van der Waals surface area contributed by atoms with E-state index in [1.807, 2.05) is 0 Å². The SMILES string of the molecule is CC(=O)O.CCOP(=O)(O)O. The highest BCUT2D eigenvalue weighted by molar-refractivity contribution is 7.46. The lowest BCUT2D eigenvalue weighted by atomic mass is 10.9. The maximum atomic E-state index is 9.70. The van der Waals surface area contributed by atoms with Crippen LogP contribution in [-0.4, -0.2) is 27.5 Å². The predicted molar refractivity (Wildman–Crippen MR) is 37.0 cm³/mol. The van der Waals surface area contributed by atoms with Crippen molar-refractivity contribution in [3.05, 3.63) is 0 Å². The smallest absolute Gasteiger partial charge is 0.469 e. The topological polar surface area (TPSA) is 104 Å². The lowest BCUT2D eigenvalue weighted by Gasteiger charge is -1.98. The first-order valence-corrected chi connectivity index (χ1v) is 4.22. The van der Waals surface area contributed by atoms with Crippen molar-refractivity contribution in [2.45, 2.75) is 13.8 Å². The molecule has 0 rings (SSSR count). The second-order valence-corrected chi connectivity index (χ2v) is 2.67. The molecule has 7 heteroatoms. The molecular formula is C4H11O6P. The summed E-state index contributed by atoms with van der Waals surface area (Å²) in [6.07, 6.45) is 0. The van der Waals surface area contributed by atoms with E-state index in [1.165, 1.54) is 6.92 Å². The standard InChI is InChI=1S/C2H7O4P.C2H4O2/c1-2-6-7(3,4)5;1-2(3)4/h2H2,1H3,(H2,3,4,5);1H3,(H,3,4). The van der Waals surface area contributed by atoms with Gasteiger partial charge in [0, 0.05) is 6.92 Å². The van der Waals surface area contributed by atoms with Gasteiger partial charge >= 0.3 is 7.82 Å². The lowest BCUT2D eigenvalue weighted by Crippen LogP contribution is -1.84. The fourth-order valence-electron chi connectivity index (χ4n) is 0.168. The van der Waals surface area contributed by atoms with Gasteiger partial charge in [-0.1, -0.05) is 0 Å². The van der Waals surface area contributed by atoms with E-state index in [0.29, 0.717) is 0 Å². The van der Waals surface area contributed by atoms with Gasteiger partial charge in [0.1, 0.15) is 0 Å². The van der Waals surface area contributed by atoms with Crippen LogP contribution in [0.4, 0.5) is 0 Å². The van der Waals surface area contributed by atoms with Crippen LogP contribution in [-0.2, 0) is 13.9 Å². The van der Waals surface area contributed by atoms with Crippen LogP contribution < -0.4 is 0 Å². The van der Waals surface area contributed by atoms with Crippen LogP contribution in [0.2, 0.25) is 0 Å². The van der Waals surface area contributed by atoms with Crippen molar-refractivity contribution in [2.24, 2.45) is 0 Å². The number of phosphoric ester groups is 1. The molecule has 3 N–H and O–H groups in total. The van der Waals surface area contributed by atoms with E-state index >= 15 is 0 Å². The number of hydrogen-bond donors (Lipinski definition) is 3. The van der Waals surface area contributed by atoms with E-state index < -0.39 is 13.8 Å². The fraction of sp³-hybridized carbons (Fsp3) is 0.750. The Balaban J connectivity index is 0. The van der Waals surface area contributed by atoms with Gasteiger partial charge in [0.05, 0.1) is 6.61 Å². The monoisotopic (exact) mass is 186 g/mol. The van der Waals surface area contributed by atoms with Crippen LogP contribution in [0.15, 0.2) is 0 Å². The maximum Gasteiger partial charge on any atom is 0.469 e. The molecule has 0 heterocycles. The summed E-state index contributed by atoms with van der Waals surface area (Å²) in [5, 5.41) is 7.42. The quantitative estimate of drug-likeness (QED) is 0.532. The molecule has 0 saturated heterocycles. The molecule has 68 valence electrons. The zero-order chi connectivity index (χ0) is 9.49. The number of carboxylic acid groups (broad SMARTS) is 1. The van der Waals surface area contributed by atoms with Gasteiger partial charge in [-0.15, -0.1) is 0 Å². The predicted octanol–water partition coefficient (Wildman–Crippen LogP) is 0.206. The number of carbonyl (C=O) groups is 1. The summed E-state index contributed by atoms with van der Waals surface area (Å²) in [5.41, 5.74) is 0. The Morgan fingerprint density at radius 1 is 1.55 bits per heavy atom. The van der Waals surface area contributed by atoms with Crippen molar-refractivity contribution >= 4 is 13.8 Å². The zero-order valence-electron chi connectivity index (χ0n) is 6.22. The summed E-state index contributed by atoms with van der Waals surface area (Å²) >= 11 is 0. The number of hydrogen-bond acceptors (Lipinski definition) is 3. The second kappa shape index (κ2) is 6.30. The zero-order valence-corrected chi connectivity index (χ0v) is 7.12. The molecule has 0 aromatic heterocycles. The Morgan fingerprint density at radius 3 is 1.82 bits per heavy atom. The maximum absolute atomic E-state index is 9.70. The molecule has 0 aliphatic carbocycles. The van der Waals surface area contributed by atoms with Crippen LogP contribution in [0.1, 0.15) is 13.8 Å². The Bertz CT molecular complexity index is 145. The highest BCUT2D eigenvalue weighted by atomic mass is 31.2. The molecule has 0 bridgehead atoms. The molecule has 0 aliphatic rings. The first kappa shape index (κ1) is 13.2. The lowest BCUT2D eigenvalue weighted by molar-refractivity contribution is -0.134. The van der Waals surface area contributed by atoms with Gasteiger partial charge in [0.2, 0.25) is 0 Å². The molecular weight excluding hydrogens is 175 g/mol. The highest BCUT2D eigenvalue weighted by Gasteiger charge is 2.10. The second-order valence-electron chi connectivity index (χ2n) is 1.43. The number of rotatable bonds is 2. The molecule has 6 nitrogen and oxygen atoms in total. The average Bonchev–Trinajstić information content (AvgIpc) is 1.58. The Morgan fingerprint density at radius 2 is 1.82 bits per heavy atom. The molecule has 0 aromatic carbocycles. The van der Waals surface area contributed by atoms with E-state index in [-0.39, 0.29) is 6.61 Å². The van der Waals surface area contributed by atoms with Gasteiger partial charge in [-0.2, -0.15) is 0 Å². The van der Waals surface area contributed by atoms with Crippen LogP contribution in [0.5, 0.6) is 0 Å². The van der Waals surface area contributed by atoms with Crippen molar-refractivity contribution in [3.63, 3.8) is 0 Å². The molecule has 0 amide bonds. The summed E-state index contributed by atoms with van der Waals surface area (Å²) in [4.78, 5) is 24.8. The van der Waals surface area contributed by atoms with Gasteiger partial charge in [-0.25, -0.2) is 4.57 Å². The molecule has 0 spiro atoms. The Kier molecular flexibility index (Phi) is 7.55. The van der Waals surface area contributed by atoms with Gasteiger partial charge in [0.25, 0.3) is 5.97 Å². The summed E-state index contributed by atoms with van der Waals surface area (Å²) in [5.74, 6) is -0.833. The van der Waals surface area contributed by atoms with E-state index in [9.17, 15) is 4.57 Å². The summed E-state index contributed by atoms with van der Waals surface area (Å²) < 4.78 is 13.6. The summed E-state index contributed by atoms with van der Waals surface area (Å²) in [7, 11) is -4.17. The molecule has 0 unspecified atom stereocenters.